The molecule has 2 aromatic rings. The minimum absolute atomic E-state index is 0.0493. The van der Waals surface area contributed by atoms with Gasteiger partial charge in [0.1, 0.15) is 0 Å². The molecule has 122 valence electrons. The van der Waals surface area contributed by atoms with Gasteiger partial charge in [-0.05, 0) is 44.5 Å². The van der Waals surface area contributed by atoms with E-state index >= 15 is 0 Å². The molecule has 3 nitrogen and oxygen atoms in total. The van der Waals surface area contributed by atoms with Gasteiger partial charge in [0.15, 0.2) is 0 Å². The van der Waals surface area contributed by atoms with E-state index in [2.05, 4.69) is 11.2 Å². The lowest BCUT2D eigenvalue weighted by Crippen LogP contribution is -2.14. The van der Waals surface area contributed by atoms with Gasteiger partial charge in [-0.25, -0.2) is 4.68 Å². The van der Waals surface area contributed by atoms with Gasteiger partial charge in [0, 0.05) is 23.2 Å². The molecule has 0 bridgehead atoms. The minimum atomic E-state index is -4.33. The van der Waals surface area contributed by atoms with E-state index in [0.29, 0.717) is 5.69 Å². The van der Waals surface area contributed by atoms with Crippen molar-refractivity contribution in [1.82, 2.24) is 9.78 Å². The summed E-state index contributed by atoms with van der Waals surface area (Å²) in [5.74, 6) is 0.216. The number of hydrogen-bond donors (Lipinski definition) is 1. The number of rotatable bonds is 2. The van der Waals surface area contributed by atoms with E-state index in [4.69, 9.17) is 5.73 Å². The van der Waals surface area contributed by atoms with Crippen LogP contribution in [0, 0.1) is 13.8 Å². The number of aryl methyl sites for hydroxylation is 1. The Labute approximate surface area is 132 Å². The van der Waals surface area contributed by atoms with Crippen LogP contribution in [0.25, 0.3) is 5.69 Å². The molecule has 2 atom stereocenters. The van der Waals surface area contributed by atoms with Gasteiger partial charge < -0.3 is 5.73 Å². The molecule has 0 aliphatic heterocycles. The molecule has 23 heavy (non-hydrogen) atoms. The van der Waals surface area contributed by atoms with Crippen molar-refractivity contribution >= 4 is 0 Å². The van der Waals surface area contributed by atoms with E-state index in [1.165, 1.54) is 12.1 Å². The van der Waals surface area contributed by atoms with Gasteiger partial charge in [-0.15, -0.1) is 0 Å². The first kappa shape index (κ1) is 15.8. The van der Waals surface area contributed by atoms with Crippen molar-refractivity contribution in [1.29, 1.82) is 0 Å². The summed E-state index contributed by atoms with van der Waals surface area (Å²) in [6.45, 7) is 3.85. The molecule has 0 fully saturated rings. The van der Waals surface area contributed by atoms with Gasteiger partial charge in [0.25, 0.3) is 0 Å². The first-order chi connectivity index (χ1) is 10.8. The SMILES string of the molecule is Cc1nn(-c2ccc(C(F)(F)F)cc2)c(C)c1C1C=CC(N)C1. The maximum atomic E-state index is 12.7. The van der Waals surface area contributed by atoms with E-state index in [-0.39, 0.29) is 12.0 Å². The van der Waals surface area contributed by atoms with E-state index in [0.717, 1.165) is 35.5 Å². The van der Waals surface area contributed by atoms with Crippen LogP contribution in [0.1, 0.15) is 34.9 Å². The van der Waals surface area contributed by atoms with Gasteiger partial charge in [0.05, 0.1) is 16.9 Å². The number of benzene rings is 1. The lowest BCUT2D eigenvalue weighted by atomic mass is 9.96. The first-order valence-electron chi connectivity index (χ1n) is 7.45. The van der Waals surface area contributed by atoms with Crippen LogP contribution in [-0.4, -0.2) is 15.8 Å². The predicted octanol–water partition coefficient (Wildman–Crippen LogP) is 3.88. The summed E-state index contributed by atoms with van der Waals surface area (Å²) in [7, 11) is 0. The number of allylic oxidation sites excluding steroid dienone is 1. The van der Waals surface area contributed by atoms with Crippen molar-refractivity contribution in [2.75, 3.05) is 0 Å². The number of alkyl halides is 3. The zero-order chi connectivity index (χ0) is 16.8. The average Bonchev–Trinajstić information content (AvgIpc) is 3.02. The largest absolute Gasteiger partial charge is 0.416 e. The average molecular weight is 321 g/mol. The molecule has 1 aliphatic carbocycles. The summed E-state index contributed by atoms with van der Waals surface area (Å²) in [5.41, 5.74) is 8.80. The summed E-state index contributed by atoms with van der Waals surface area (Å²) < 4.78 is 39.7. The summed E-state index contributed by atoms with van der Waals surface area (Å²) in [6.07, 6.45) is 0.571. The molecule has 1 aromatic carbocycles. The van der Waals surface area contributed by atoms with Crippen LogP contribution < -0.4 is 5.73 Å². The molecular weight excluding hydrogens is 303 g/mol. The Morgan fingerprint density at radius 1 is 1.13 bits per heavy atom. The number of halogens is 3. The Balaban J connectivity index is 1.97. The minimum Gasteiger partial charge on any atom is -0.324 e. The standard InChI is InChI=1S/C17H18F3N3/c1-10-16(12-3-6-14(21)9-12)11(2)23(22-10)15-7-4-13(5-8-15)17(18,19)20/h3-8,12,14H,9,21H2,1-2H3. The Morgan fingerprint density at radius 2 is 1.78 bits per heavy atom. The van der Waals surface area contributed by atoms with Crippen LogP contribution in [0.15, 0.2) is 36.4 Å². The van der Waals surface area contributed by atoms with Crippen molar-refractivity contribution in [2.24, 2.45) is 5.73 Å². The Hall–Kier alpha value is -2.08. The molecule has 0 saturated heterocycles. The van der Waals surface area contributed by atoms with E-state index in [1.54, 1.807) is 4.68 Å². The number of nitrogens with zero attached hydrogens (tertiary/aromatic N) is 2. The molecule has 2 unspecified atom stereocenters. The summed E-state index contributed by atoms with van der Waals surface area (Å²) in [5, 5.41) is 4.50. The van der Waals surface area contributed by atoms with Crippen molar-refractivity contribution < 1.29 is 13.2 Å². The second kappa shape index (κ2) is 5.53. The monoisotopic (exact) mass is 321 g/mol. The molecule has 6 heteroatoms. The van der Waals surface area contributed by atoms with Crippen molar-refractivity contribution in [3.05, 3.63) is 58.9 Å². The van der Waals surface area contributed by atoms with Crippen molar-refractivity contribution in [3.63, 3.8) is 0 Å². The normalized spacial score (nSPS) is 21.1. The van der Waals surface area contributed by atoms with E-state index in [9.17, 15) is 13.2 Å². The van der Waals surface area contributed by atoms with Gasteiger partial charge in [-0.1, -0.05) is 12.2 Å². The highest BCUT2D eigenvalue weighted by Crippen LogP contribution is 2.34. The number of nitrogens with two attached hydrogens (primary N) is 1. The van der Waals surface area contributed by atoms with Gasteiger partial charge in [-0.2, -0.15) is 18.3 Å². The summed E-state index contributed by atoms with van der Waals surface area (Å²) in [6, 6.07) is 5.10. The topological polar surface area (TPSA) is 43.8 Å². The molecule has 2 N–H and O–H groups in total. The van der Waals surface area contributed by atoms with Crippen LogP contribution >= 0.6 is 0 Å². The maximum absolute atomic E-state index is 12.7. The molecule has 1 aromatic heterocycles. The van der Waals surface area contributed by atoms with Crippen molar-refractivity contribution in [3.8, 4) is 5.69 Å². The maximum Gasteiger partial charge on any atom is 0.416 e. The molecule has 1 aliphatic rings. The zero-order valence-corrected chi connectivity index (χ0v) is 12.9. The highest BCUT2D eigenvalue weighted by molar-refractivity contribution is 5.42. The van der Waals surface area contributed by atoms with E-state index < -0.39 is 11.7 Å². The fraction of sp³-hybridized carbons (Fsp3) is 0.353. The fourth-order valence-corrected chi connectivity index (χ4v) is 3.18. The first-order valence-corrected chi connectivity index (χ1v) is 7.45. The Bertz CT molecular complexity index is 742. The van der Waals surface area contributed by atoms with Gasteiger partial charge in [0.2, 0.25) is 0 Å². The Morgan fingerprint density at radius 3 is 2.30 bits per heavy atom. The summed E-state index contributed by atoms with van der Waals surface area (Å²) >= 11 is 0. The van der Waals surface area contributed by atoms with E-state index in [1.807, 2.05) is 19.9 Å². The molecule has 3 rings (SSSR count). The quantitative estimate of drug-likeness (QED) is 0.853. The van der Waals surface area contributed by atoms with Crippen molar-refractivity contribution in [2.45, 2.75) is 38.4 Å². The smallest absolute Gasteiger partial charge is 0.324 e. The number of hydrogen-bond acceptors (Lipinski definition) is 2. The third-order valence-electron chi connectivity index (χ3n) is 4.27. The molecule has 0 saturated carbocycles. The lowest BCUT2D eigenvalue weighted by molar-refractivity contribution is -0.137. The fourth-order valence-electron chi connectivity index (χ4n) is 3.18. The molecule has 0 spiro atoms. The zero-order valence-electron chi connectivity index (χ0n) is 12.9. The van der Waals surface area contributed by atoms with Crippen LogP contribution in [0.3, 0.4) is 0 Å². The molecular formula is C17H18F3N3. The van der Waals surface area contributed by atoms with Crippen LogP contribution in [0.2, 0.25) is 0 Å². The second-order valence-electron chi connectivity index (χ2n) is 5.93. The Kier molecular flexibility index (Phi) is 3.80. The molecule has 0 radical (unpaired) electrons. The number of aromatic nitrogens is 2. The van der Waals surface area contributed by atoms with Crippen LogP contribution in [-0.2, 0) is 6.18 Å². The highest BCUT2D eigenvalue weighted by Gasteiger charge is 2.30. The van der Waals surface area contributed by atoms with Crippen LogP contribution in [0.5, 0.6) is 0 Å². The lowest BCUT2D eigenvalue weighted by Gasteiger charge is -2.11. The highest BCUT2D eigenvalue weighted by atomic mass is 19.4. The van der Waals surface area contributed by atoms with Gasteiger partial charge in [-0.3, -0.25) is 0 Å². The molecule has 0 amide bonds. The third kappa shape index (κ3) is 2.91. The summed E-state index contributed by atoms with van der Waals surface area (Å²) in [4.78, 5) is 0. The van der Waals surface area contributed by atoms with Gasteiger partial charge >= 0.3 is 6.18 Å². The van der Waals surface area contributed by atoms with Crippen LogP contribution in [0.4, 0.5) is 13.2 Å². The predicted molar refractivity (Wildman–Crippen MR) is 82.5 cm³/mol. The third-order valence-corrected chi connectivity index (χ3v) is 4.27. The molecule has 1 heterocycles. The second-order valence-corrected chi connectivity index (χ2v) is 5.93.